The van der Waals surface area contributed by atoms with Gasteiger partial charge in [0.05, 0.1) is 0 Å². The third-order valence-corrected chi connectivity index (χ3v) is 5.32. The zero-order valence-corrected chi connectivity index (χ0v) is 15.7. The highest BCUT2D eigenvalue weighted by Gasteiger charge is 2.33. The third-order valence-electron chi connectivity index (χ3n) is 4.37. The van der Waals surface area contributed by atoms with Crippen molar-refractivity contribution < 1.29 is 14.3 Å². The molecule has 1 atom stereocenters. The fraction of sp³-hybridized carbons (Fsp3) is 0.611. The highest BCUT2D eigenvalue weighted by Crippen LogP contribution is 2.42. The van der Waals surface area contributed by atoms with Crippen LogP contribution in [0.3, 0.4) is 0 Å². The number of benzene rings is 1. The number of rotatable bonds is 3. The fourth-order valence-corrected chi connectivity index (χ4v) is 4.24. The number of amides is 1. The van der Waals surface area contributed by atoms with Gasteiger partial charge in [-0.3, -0.25) is 0 Å². The molecule has 1 unspecified atom stereocenters. The topological polar surface area (TPSA) is 42.0 Å². The van der Waals surface area contributed by atoms with Crippen LogP contribution in [0.15, 0.2) is 18.2 Å². The minimum Gasteiger partial charge on any atom is -0.483 e. The highest BCUT2D eigenvalue weighted by atomic mass is 32.2. The van der Waals surface area contributed by atoms with Gasteiger partial charge in [0, 0.05) is 44.3 Å². The van der Waals surface area contributed by atoms with E-state index < -0.39 is 0 Å². The zero-order valence-electron chi connectivity index (χ0n) is 14.9. The summed E-state index contributed by atoms with van der Waals surface area (Å²) in [6, 6.07) is 5.72. The van der Waals surface area contributed by atoms with E-state index in [0.29, 0.717) is 17.4 Å². The Morgan fingerprint density at radius 2 is 2.25 bits per heavy atom. The molecule has 6 heteroatoms. The number of hydrogen-bond donors (Lipinski definition) is 0. The maximum absolute atomic E-state index is 12.4. The Morgan fingerprint density at radius 3 is 3.00 bits per heavy atom. The van der Waals surface area contributed by atoms with E-state index in [1.54, 1.807) is 17.4 Å². The predicted octanol–water partition coefficient (Wildman–Crippen LogP) is 4.13. The summed E-state index contributed by atoms with van der Waals surface area (Å²) in [5.74, 6) is 1.87. The van der Waals surface area contributed by atoms with Gasteiger partial charge in [0.25, 0.3) is 0 Å². The molecule has 0 aliphatic carbocycles. The van der Waals surface area contributed by atoms with Gasteiger partial charge >= 0.3 is 6.09 Å². The molecule has 0 aromatic heterocycles. The standard InChI is InChI=1S/C18H26N2O3S/c1-13-7-6-10-20(12-13)24-19(4)17(21)22-15-9-5-8-14-11-18(2,3)23-16(14)15/h5,8-9,13H,6-7,10-12H2,1-4H3. The van der Waals surface area contributed by atoms with Crippen LogP contribution in [0.5, 0.6) is 11.5 Å². The molecule has 1 saturated heterocycles. The molecule has 24 heavy (non-hydrogen) atoms. The first-order valence-corrected chi connectivity index (χ1v) is 9.26. The van der Waals surface area contributed by atoms with Crippen molar-refractivity contribution in [2.45, 2.75) is 45.6 Å². The summed E-state index contributed by atoms with van der Waals surface area (Å²) in [5, 5.41) is 0. The lowest BCUT2D eigenvalue weighted by atomic mass is 10.0. The first-order chi connectivity index (χ1) is 11.3. The van der Waals surface area contributed by atoms with Gasteiger partial charge in [-0.25, -0.2) is 13.4 Å². The van der Waals surface area contributed by atoms with Crippen molar-refractivity contribution in [3.05, 3.63) is 23.8 Å². The summed E-state index contributed by atoms with van der Waals surface area (Å²) < 4.78 is 15.3. The first kappa shape index (κ1) is 17.4. The number of carbonyl (C=O) groups is 1. The van der Waals surface area contributed by atoms with Crippen molar-refractivity contribution in [1.82, 2.24) is 8.61 Å². The largest absolute Gasteiger partial charge is 0.483 e. The van der Waals surface area contributed by atoms with Gasteiger partial charge in [-0.15, -0.1) is 0 Å². The van der Waals surface area contributed by atoms with E-state index in [1.165, 1.54) is 25.0 Å². The van der Waals surface area contributed by atoms with Crippen LogP contribution in [0.1, 0.15) is 39.2 Å². The lowest BCUT2D eigenvalue weighted by Gasteiger charge is -2.31. The number of piperidine rings is 1. The van der Waals surface area contributed by atoms with E-state index in [1.807, 2.05) is 26.0 Å². The molecule has 0 saturated carbocycles. The molecule has 2 aliphatic rings. The summed E-state index contributed by atoms with van der Waals surface area (Å²) in [4.78, 5) is 12.4. The maximum atomic E-state index is 12.4. The summed E-state index contributed by atoms with van der Waals surface area (Å²) in [5.41, 5.74) is 0.834. The minimum atomic E-state index is -0.375. The first-order valence-electron chi connectivity index (χ1n) is 8.53. The molecule has 0 radical (unpaired) electrons. The van der Waals surface area contributed by atoms with Gasteiger partial charge in [0.2, 0.25) is 0 Å². The average molecular weight is 350 g/mol. The van der Waals surface area contributed by atoms with Crippen molar-refractivity contribution >= 4 is 18.2 Å². The quantitative estimate of drug-likeness (QED) is 0.767. The molecule has 3 rings (SSSR count). The summed E-state index contributed by atoms with van der Waals surface area (Å²) in [6.45, 7) is 8.33. The molecule has 1 aromatic carbocycles. The molecular formula is C18H26N2O3S. The zero-order chi connectivity index (χ0) is 17.3. The Morgan fingerprint density at radius 1 is 1.46 bits per heavy atom. The van der Waals surface area contributed by atoms with E-state index in [9.17, 15) is 4.79 Å². The summed E-state index contributed by atoms with van der Waals surface area (Å²) in [7, 11) is 1.75. The molecule has 1 amide bonds. The van der Waals surface area contributed by atoms with Crippen molar-refractivity contribution in [1.29, 1.82) is 0 Å². The van der Waals surface area contributed by atoms with Crippen LogP contribution in [0, 0.1) is 5.92 Å². The number of para-hydroxylation sites is 1. The van der Waals surface area contributed by atoms with E-state index in [-0.39, 0.29) is 11.7 Å². The highest BCUT2D eigenvalue weighted by molar-refractivity contribution is 7.95. The van der Waals surface area contributed by atoms with Gasteiger partial charge < -0.3 is 9.47 Å². The Kier molecular flexibility index (Phi) is 4.97. The normalized spacial score (nSPS) is 22.6. The molecule has 0 N–H and O–H groups in total. The predicted molar refractivity (Wildman–Crippen MR) is 96.2 cm³/mol. The van der Waals surface area contributed by atoms with Gasteiger partial charge in [-0.1, -0.05) is 19.1 Å². The number of nitrogens with zero attached hydrogens (tertiary/aromatic N) is 2. The number of hydrogen-bond acceptors (Lipinski definition) is 5. The third kappa shape index (κ3) is 3.98. The summed E-state index contributed by atoms with van der Waals surface area (Å²) in [6.07, 6.45) is 2.88. The summed E-state index contributed by atoms with van der Waals surface area (Å²) >= 11 is 1.44. The minimum absolute atomic E-state index is 0.255. The fourth-order valence-electron chi connectivity index (χ4n) is 3.25. The SMILES string of the molecule is CC1CCCN(SN(C)C(=O)Oc2cccc3c2OC(C)(C)C3)C1. The Balaban J connectivity index is 1.62. The molecule has 0 spiro atoms. The van der Waals surface area contributed by atoms with Crippen LogP contribution in [0.25, 0.3) is 0 Å². The van der Waals surface area contributed by atoms with Crippen molar-refractivity contribution in [3.8, 4) is 11.5 Å². The van der Waals surface area contributed by atoms with Gasteiger partial charge in [-0.2, -0.15) is 0 Å². The van der Waals surface area contributed by atoms with Gasteiger partial charge in [-0.05, 0) is 38.7 Å². The van der Waals surface area contributed by atoms with Crippen molar-refractivity contribution in [2.75, 3.05) is 20.1 Å². The van der Waals surface area contributed by atoms with E-state index >= 15 is 0 Å². The van der Waals surface area contributed by atoms with Crippen LogP contribution in [0.4, 0.5) is 4.79 Å². The maximum Gasteiger partial charge on any atom is 0.426 e. The molecule has 2 aliphatic heterocycles. The second kappa shape index (κ2) is 6.84. The Bertz CT molecular complexity index is 620. The average Bonchev–Trinajstić information content (AvgIpc) is 2.82. The second-order valence-electron chi connectivity index (χ2n) is 7.37. The molecule has 1 aromatic rings. The molecule has 0 bridgehead atoms. The molecule has 132 valence electrons. The van der Waals surface area contributed by atoms with E-state index in [2.05, 4.69) is 11.2 Å². The number of fused-ring (bicyclic) bond motifs is 1. The van der Waals surface area contributed by atoms with Crippen molar-refractivity contribution in [3.63, 3.8) is 0 Å². The van der Waals surface area contributed by atoms with Gasteiger partial charge in [0.1, 0.15) is 5.60 Å². The molecular weight excluding hydrogens is 324 g/mol. The van der Waals surface area contributed by atoms with Crippen LogP contribution in [0.2, 0.25) is 0 Å². The van der Waals surface area contributed by atoms with E-state index in [0.717, 1.165) is 25.1 Å². The lowest BCUT2D eigenvalue weighted by Crippen LogP contribution is -2.34. The molecule has 1 fully saturated rings. The second-order valence-corrected chi connectivity index (χ2v) is 8.59. The van der Waals surface area contributed by atoms with Crippen LogP contribution >= 0.6 is 12.1 Å². The van der Waals surface area contributed by atoms with Crippen molar-refractivity contribution in [2.24, 2.45) is 5.92 Å². The van der Waals surface area contributed by atoms with Gasteiger partial charge in [0.15, 0.2) is 11.5 Å². The smallest absolute Gasteiger partial charge is 0.426 e. The van der Waals surface area contributed by atoms with E-state index in [4.69, 9.17) is 9.47 Å². The lowest BCUT2D eigenvalue weighted by molar-refractivity contribution is 0.131. The van der Waals surface area contributed by atoms with Crippen LogP contribution in [-0.4, -0.2) is 40.4 Å². The Labute approximate surface area is 148 Å². The number of carbonyl (C=O) groups excluding carboxylic acids is 1. The number of ether oxygens (including phenoxy) is 2. The monoisotopic (exact) mass is 350 g/mol. The molecule has 2 heterocycles. The van der Waals surface area contributed by atoms with Crippen LogP contribution < -0.4 is 9.47 Å². The van der Waals surface area contributed by atoms with Crippen LogP contribution in [-0.2, 0) is 6.42 Å². The molecule has 5 nitrogen and oxygen atoms in total. The Hall–Kier alpha value is -1.40.